The Kier molecular flexibility index (Phi) is 3.38. The molecule has 1 unspecified atom stereocenters. The highest BCUT2D eigenvalue weighted by Gasteiger charge is 2.33. The Morgan fingerprint density at radius 3 is 2.68 bits per heavy atom. The summed E-state index contributed by atoms with van der Waals surface area (Å²) in [6, 6.07) is 2.02. The fourth-order valence-electron chi connectivity index (χ4n) is 2.18. The molecule has 1 fully saturated rings. The van der Waals surface area contributed by atoms with Gasteiger partial charge in [0.05, 0.1) is 11.5 Å². The Morgan fingerprint density at radius 1 is 1.47 bits per heavy atom. The van der Waals surface area contributed by atoms with Gasteiger partial charge in [-0.05, 0) is 25.5 Å². The minimum absolute atomic E-state index is 0.246. The van der Waals surface area contributed by atoms with Crippen molar-refractivity contribution < 1.29 is 18.0 Å². The van der Waals surface area contributed by atoms with Gasteiger partial charge in [-0.2, -0.15) is 13.2 Å². The predicted molar refractivity (Wildman–Crippen MR) is 63.5 cm³/mol. The van der Waals surface area contributed by atoms with E-state index >= 15 is 0 Å². The molecule has 1 aromatic heterocycles. The summed E-state index contributed by atoms with van der Waals surface area (Å²) < 4.78 is 38.2. The summed E-state index contributed by atoms with van der Waals surface area (Å²) in [5.74, 6) is -0.501. The molecule has 2 heterocycles. The molecular weight excluding hydrogens is 259 g/mol. The van der Waals surface area contributed by atoms with Crippen LogP contribution in [-0.4, -0.2) is 24.0 Å². The third-order valence-corrected chi connectivity index (χ3v) is 3.18. The second kappa shape index (κ2) is 4.71. The zero-order chi connectivity index (χ0) is 14.2. The maximum atomic E-state index is 12.7. The lowest BCUT2D eigenvalue weighted by atomic mass is 10.1. The van der Waals surface area contributed by atoms with Crippen LogP contribution in [0.5, 0.6) is 0 Å². The van der Waals surface area contributed by atoms with Crippen LogP contribution < -0.4 is 10.6 Å². The van der Waals surface area contributed by atoms with E-state index in [0.717, 1.165) is 12.1 Å². The van der Waals surface area contributed by atoms with Gasteiger partial charge in [0.1, 0.15) is 5.82 Å². The highest BCUT2D eigenvalue weighted by Crippen LogP contribution is 2.32. The van der Waals surface area contributed by atoms with E-state index in [2.05, 4.69) is 4.98 Å². The number of carbonyl (C=O) groups excluding carboxylic acids is 1. The molecule has 1 aliphatic rings. The smallest absolute Gasteiger partial charge is 0.369 e. The Bertz CT molecular complexity index is 501. The number of carbonyl (C=O) groups is 1. The molecule has 0 aromatic carbocycles. The van der Waals surface area contributed by atoms with Crippen LogP contribution in [0.4, 0.5) is 19.0 Å². The lowest BCUT2D eigenvalue weighted by Gasteiger charge is -2.19. The average molecular weight is 273 g/mol. The summed E-state index contributed by atoms with van der Waals surface area (Å²) in [6.07, 6.45) is -3.85. The van der Waals surface area contributed by atoms with E-state index in [1.165, 1.54) is 6.92 Å². The third kappa shape index (κ3) is 2.97. The maximum absolute atomic E-state index is 12.7. The lowest BCUT2D eigenvalue weighted by molar-refractivity contribution is -0.137. The molecule has 0 saturated carbocycles. The van der Waals surface area contributed by atoms with E-state index in [9.17, 15) is 18.0 Å². The maximum Gasteiger partial charge on any atom is 0.416 e. The molecule has 0 spiro atoms. The number of anilines is 1. The molecule has 2 rings (SSSR count). The molecule has 2 N–H and O–H groups in total. The van der Waals surface area contributed by atoms with Crippen molar-refractivity contribution in [1.29, 1.82) is 0 Å². The second-order valence-corrected chi connectivity index (χ2v) is 4.69. The normalized spacial score (nSPS) is 19.8. The summed E-state index contributed by atoms with van der Waals surface area (Å²) in [5, 5.41) is 0. The Labute approximate surface area is 108 Å². The van der Waals surface area contributed by atoms with E-state index in [4.69, 9.17) is 5.73 Å². The quantitative estimate of drug-likeness (QED) is 0.892. The molecular formula is C12H14F3N3O. The second-order valence-electron chi connectivity index (χ2n) is 4.69. The fourth-order valence-corrected chi connectivity index (χ4v) is 2.18. The van der Waals surface area contributed by atoms with Crippen LogP contribution in [0.25, 0.3) is 0 Å². The molecule has 0 bridgehead atoms. The summed E-state index contributed by atoms with van der Waals surface area (Å²) in [6.45, 7) is 2.32. The lowest BCUT2D eigenvalue weighted by Crippen LogP contribution is -2.28. The van der Waals surface area contributed by atoms with Crippen LogP contribution >= 0.6 is 0 Å². The van der Waals surface area contributed by atoms with Crippen molar-refractivity contribution in [3.8, 4) is 0 Å². The van der Waals surface area contributed by atoms with E-state index in [1.807, 2.05) is 0 Å². The van der Waals surface area contributed by atoms with Crippen molar-refractivity contribution in [2.24, 2.45) is 11.7 Å². The molecule has 104 valence electrons. The number of hydrogen-bond acceptors (Lipinski definition) is 3. The van der Waals surface area contributed by atoms with Gasteiger partial charge in [-0.25, -0.2) is 4.98 Å². The minimum atomic E-state index is -4.40. The Balaban J connectivity index is 2.26. The number of pyridine rings is 1. The first-order chi connectivity index (χ1) is 8.77. The number of nitrogens with zero attached hydrogens (tertiary/aromatic N) is 2. The Morgan fingerprint density at radius 2 is 2.16 bits per heavy atom. The highest BCUT2D eigenvalue weighted by atomic mass is 19.4. The molecule has 1 amide bonds. The first-order valence-electron chi connectivity index (χ1n) is 5.87. The van der Waals surface area contributed by atoms with Gasteiger partial charge in [-0.3, -0.25) is 4.79 Å². The number of nitrogens with two attached hydrogens (primary N) is 1. The Hall–Kier alpha value is -1.79. The van der Waals surface area contributed by atoms with E-state index < -0.39 is 17.6 Å². The first-order valence-corrected chi connectivity index (χ1v) is 5.87. The number of amides is 1. The largest absolute Gasteiger partial charge is 0.416 e. The van der Waals surface area contributed by atoms with Crippen LogP contribution in [0, 0.1) is 12.8 Å². The van der Waals surface area contributed by atoms with Gasteiger partial charge in [0, 0.05) is 18.8 Å². The van der Waals surface area contributed by atoms with Gasteiger partial charge >= 0.3 is 6.18 Å². The van der Waals surface area contributed by atoms with E-state index in [-0.39, 0.29) is 11.7 Å². The van der Waals surface area contributed by atoms with Gasteiger partial charge in [0.2, 0.25) is 5.91 Å². The number of primary amides is 1. The minimum Gasteiger partial charge on any atom is -0.369 e. The van der Waals surface area contributed by atoms with Crippen molar-refractivity contribution in [3.63, 3.8) is 0 Å². The molecule has 1 aromatic rings. The topological polar surface area (TPSA) is 59.2 Å². The summed E-state index contributed by atoms with van der Waals surface area (Å²) in [5.41, 5.74) is 4.78. The van der Waals surface area contributed by atoms with Gasteiger partial charge in [0.15, 0.2) is 0 Å². The van der Waals surface area contributed by atoms with Crippen molar-refractivity contribution in [1.82, 2.24) is 4.98 Å². The number of hydrogen-bond donors (Lipinski definition) is 1. The molecule has 19 heavy (non-hydrogen) atoms. The number of rotatable bonds is 2. The zero-order valence-electron chi connectivity index (χ0n) is 10.4. The van der Waals surface area contributed by atoms with Gasteiger partial charge in [-0.15, -0.1) is 0 Å². The van der Waals surface area contributed by atoms with Gasteiger partial charge in [-0.1, -0.05) is 0 Å². The van der Waals surface area contributed by atoms with Crippen LogP contribution in [-0.2, 0) is 11.0 Å². The molecule has 1 saturated heterocycles. The van der Waals surface area contributed by atoms with Crippen molar-refractivity contribution in [2.75, 3.05) is 18.0 Å². The molecule has 1 atom stereocenters. The van der Waals surface area contributed by atoms with Crippen molar-refractivity contribution in [2.45, 2.75) is 19.5 Å². The van der Waals surface area contributed by atoms with Gasteiger partial charge in [0.25, 0.3) is 0 Å². The number of aryl methyl sites for hydroxylation is 1. The molecule has 7 heteroatoms. The number of aromatic nitrogens is 1. The SMILES string of the molecule is Cc1cc(C(F)(F)F)cc(N2CCC(C(N)=O)C2)n1. The zero-order valence-corrected chi connectivity index (χ0v) is 10.4. The fraction of sp³-hybridized carbons (Fsp3) is 0.500. The van der Waals surface area contributed by atoms with Crippen LogP contribution in [0.2, 0.25) is 0 Å². The summed E-state index contributed by atoms with van der Waals surface area (Å²) >= 11 is 0. The summed E-state index contributed by atoms with van der Waals surface area (Å²) in [7, 11) is 0. The van der Waals surface area contributed by atoms with Crippen LogP contribution in [0.1, 0.15) is 17.7 Å². The van der Waals surface area contributed by atoms with Crippen molar-refractivity contribution >= 4 is 11.7 Å². The molecule has 1 aliphatic heterocycles. The molecule has 0 radical (unpaired) electrons. The number of halogens is 3. The monoisotopic (exact) mass is 273 g/mol. The molecule has 4 nitrogen and oxygen atoms in total. The van der Waals surface area contributed by atoms with E-state index in [1.54, 1.807) is 4.90 Å². The summed E-state index contributed by atoms with van der Waals surface area (Å²) in [4.78, 5) is 16.8. The third-order valence-electron chi connectivity index (χ3n) is 3.18. The highest BCUT2D eigenvalue weighted by molar-refractivity contribution is 5.78. The first kappa shape index (κ1) is 13.6. The molecule has 0 aliphatic carbocycles. The standard InChI is InChI=1S/C12H14F3N3O/c1-7-4-9(12(13,14)15)5-10(17-7)18-3-2-8(6-18)11(16)19/h4-5,8H,2-3,6H2,1H3,(H2,16,19). The van der Waals surface area contributed by atoms with Gasteiger partial charge < -0.3 is 10.6 Å². The predicted octanol–water partition coefficient (Wildman–Crippen LogP) is 1.72. The average Bonchev–Trinajstić information content (AvgIpc) is 2.76. The van der Waals surface area contributed by atoms with Crippen LogP contribution in [0.15, 0.2) is 12.1 Å². The van der Waals surface area contributed by atoms with E-state index in [0.29, 0.717) is 25.2 Å². The van der Waals surface area contributed by atoms with Crippen LogP contribution in [0.3, 0.4) is 0 Å². The number of alkyl halides is 3. The van der Waals surface area contributed by atoms with Crippen molar-refractivity contribution in [3.05, 3.63) is 23.4 Å².